The lowest BCUT2D eigenvalue weighted by atomic mass is 10.0. The van der Waals surface area contributed by atoms with Gasteiger partial charge in [0.2, 0.25) is 9.84 Å². The Hall–Kier alpha value is -2.62. The average molecular weight is 554 g/mol. The van der Waals surface area contributed by atoms with Crippen LogP contribution >= 0.6 is 24.0 Å². The monoisotopic (exact) mass is 552 g/mol. The highest BCUT2D eigenvalue weighted by molar-refractivity contribution is 7.91. The van der Waals surface area contributed by atoms with Crippen molar-refractivity contribution in [3.8, 4) is 5.75 Å². The number of nitrogens with one attached hydrogen (secondary N) is 1. The van der Waals surface area contributed by atoms with Crippen LogP contribution in [0.25, 0.3) is 0 Å². The van der Waals surface area contributed by atoms with Gasteiger partial charge in [-0.15, -0.1) is 12.4 Å². The Morgan fingerprint density at radius 1 is 1.06 bits per heavy atom. The summed E-state index contributed by atoms with van der Waals surface area (Å²) in [5, 5.41) is 24.3. The van der Waals surface area contributed by atoms with Crippen LogP contribution in [-0.4, -0.2) is 37.6 Å². The largest absolute Gasteiger partial charge is 0.507 e. The van der Waals surface area contributed by atoms with Crippen LogP contribution in [-0.2, 0) is 22.7 Å². The maximum absolute atomic E-state index is 13.2. The van der Waals surface area contributed by atoms with Crippen molar-refractivity contribution in [3.05, 3.63) is 87.9 Å². The van der Waals surface area contributed by atoms with Gasteiger partial charge in [-0.1, -0.05) is 49.2 Å². The summed E-state index contributed by atoms with van der Waals surface area (Å²) in [6.07, 6.45) is 1.02. The first-order valence-corrected chi connectivity index (χ1v) is 13.1. The van der Waals surface area contributed by atoms with E-state index in [9.17, 15) is 23.4 Å². The summed E-state index contributed by atoms with van der Waals surface area (Å²) in [5.74, 6) is -1.16. The van der Waals surface area contributed by atoms with Crippen LogP contribution in [0, 0.1) is 0 Å². The molecule has 0 fully saturated rings. The van der Waals surface area contributed by atoms with Crippen LogP contribution in [0.4, 0.5) is 0 Å². The van der Waals surface area contributed by atoms with Crippen LogP contribution < -0.4 is 11.1 Å². The summed E-state index contributed by atoms with van der Waals surface area (Å²) < 4.78 is 26.4. The number of phenols is 1. The van der Waals surface area contributed by atoms with E-state index in [1.165, 1.54) is 18.2 Å². The molecule has 3 rings (SSSR count). The number of nitrogens with two attached hydrogens (primary N) is 1. The second kappa shape index (κ2) is 13.1. The van der Waals surface area contributed by atoms with Gasteiger partial charge in [0, 0.05) is 11.6 Å². The molecule has 0 aliphatic heterocycles. The number of carbonyl (C=O) groups excluding carboxylic acids is 1. The van der Waals surface area contributed by atoms with Crippen molar-refractivity contribution in [2.45, 2.75) is 42.1 Å². The molecule has 36 heavy (non-hydrogen) atoms. The molecule has 0 saturated heterocycles. The number of hydrogen-bond acceptors (Lipinski definition) is 6. The van der Waals surface area contributed by atoms with E-state index in [0.717, 1.165) is 17.2 Å². The first-order valence-electron chi connectivity index (χ1n) is 11.3. The highest BCUT2D eigenvalue weighted by Crippen LogP contribution is 2.31. The number of primary amides is 1. The fourth-order valence-electron chi connectivity index (χ4n) is 3.74. The minimum absolute atomic E-state index is 0. The van der Waals surface area contributed by atoms with Crippen molar-refractivity contribution >= 4 is 39.8 Å². The van der Waals surface area contributed by atoms with Gasteiger partial charge in [-0.3, -0.25) is 4.79 Å². The summed E-state index contributed by atoms with van der Waals surface area (Å²) in [4.78, 5) is 11.7. The highest BCUT2D eigenvalue weighted by atomic mass is 35.5. The fourth-order valence-corrected chi connectivity index (χ4v) is 5.28. The van der Waals surface area contributed by atoms with E-state index >= 15 is 0 Å². The molecule has 5 N–H and O–H groups in total. The smallest absolute Gasteiger partial charge is 0.252 e. The van der Waals surface area contributed by atoms with Crippen molar-refractivity contribution < 1.29 is 23.4 Å². The molecule has 7 nitrogen and oxygen atoms in total. The summed E-state index contributed by atoms with van der Waals surface area (Å²) in [6.45, 7) is 2.83. The van der Waals surface area contributed by atoms with E-state index in [2.05, 4.69) is 5.32 Å². The first kappa shape index (κ1) is 29.6. The normalized spacial score (nSPS) is 12.1. The fraction of sp³-hybridized carbons (Fsp3) is 0.269. The van der Waals surface area contributed by atoms with E-state index in [1.54, 1.807) is 30.3 Å². The molecule has 3 aromatic carbocycles. The highest BCUT2D eigenvalue weighted by Gasteiger charge is 2.23. The number of halogens is 2. The van der Waals surface area contributed by atoms with Crippen molar-refractivity contribution in [1.82, 2.24) is 5.32 Å². The topological polar surface area (TPSA) is 130 Å². The van der Waals surface area contributed by atoms with Gasteiger partial charge in [0.15, 0.2) is 0 Å². The molecule has 10 heteroatoms. The van der Waals surface area contributed by atoms with Gasteiger partial charge in [0.05, 0.1) is 21.5 Å². The second-order valence-corrected chi connectivity index (χ2v) is 10.7. The quantitative estimate of drug-likeness (QED) is 0.263. The number of rotatable bonds is 11. The predicted octanol–water partition coefficient (Wildman–Crippen LogP) is 4.22. The Morgan fingerprint density at radius 2 is 1.75 bits per heavy atom. The Morgan fingerprint density at radius 3 is 2.36 bits per heavy atom. The number of aliphatic hydroxyl groups excluding tert-OH is 1. The summed E-state index contributed by atoms with van der Waals surface area (Å²) in [7, 11) is -3.92. The van der Waals surface area contributed by atoms with E-state index in [1.807, 2.05) is 13.0 Å². The second-order valence-electron chi connectivity index (χ2n) is 8.27. The summed E-state index contributed by atoms with van der Waals surface area (Å²) in [6, 6.07) is 16.1. The van der Waals surface area contributed by atoms with Crippen molar-refractivity contribution in [2.75, 3.05) is 13.1 Å². The van der Waals surface area contributed by atoms with E-state index in [0.29, 0.717) is 42.9 Å². The zero-order valence-corrected chi connectivity index (χ0v) is 22.2. The third-order valence-corrected chi connectivity index (χ3v) is 7.64. The van der Waals surface area contributed by atoms with E-state index in [-0.39, 0.29) is 33.5 Å². The maximum atomic E-state index is 13.2. The van der Waals surface area contributed by atoms with Gasteiger partial charge in [-0.2, -0.15) is 0 Å². The third kappa shape index (κ3) is 7.21. The van der Waals surface area contributed by atoms with E-state index in [4.69, 9.17) is 17.3 Å². The first-order chi connectivity index (χ1) is 16.6. The Bertz CT molecular complexity index is 1300. The van der Waals surface area contributed by atoms with Gasteiger partial charge in [0.1, 0.15) is 5.75 Å². The zero-order chi connectivity index (χ0) is 25.6. The number of aryl methyl sites for hydroxylation is 1. The molecule has 3 aromatic rings. The molecule has 1 amide bonds. The summed E-state index contributed by atoms with van der Waals surface area (Å²) in [5.41, 5.74) is 7.15. The minimum Gasteiger partial charge on any atom is -0.507 e. The number of aromatic hydroxyl groups is 1. The van der Waals surface area contributed by atoms with Crippen LogP contribution in [0.15, 0.2) is 70.5 Å². The number of sulfone groups is 1. The van der Waals surface area contributed by atoms with Gasteiger partial charge in [-0.05, 0) is 72.5 Å². The molecule has 0 aliphatic carbocycles. The number of aliphatic hydroxyl groups is 1. The molecule has 0 aliphatic rings. The van der Waals surface area contributed by atoms with Gasteiger partial charge in [0.25, 0.3) is 5.91 Å². The molecular formula is C26H30Cl2N2O5S. The Labute approximate surface area is 222 Å². The van der Waals surface area contributed by atoms with Gasteiger partial charge >= 0.3 is 0 Å². The molecule has 0 heterocycles. The van der Waals surface area contributed by atoms with Crippen molar-refractivity contribution in [2.24, 2.45) is 5.73 Å². The van der Waals surface area contributed by atoms with E-state index < -0.39 is 21.8 Å². The number of carbonyl (C=O) groups is 1. The molecule has 1 atom stereocenters. The molecular weight excluding hydrogens is 523 g/mol. The zero-order valence-electron chi connectivity index (χ0n) is 19.8. The van der Waals surface area contributed by atoms with Gasteiger partial charge in [-0.25, -0.2) is 8.42 Å². The number of benzene rings is 3. The van der Waals surface area contributed by atoms with Gasteiger partial charge < -0.3 is 21.3 Å². The van der Waals surface area contributed by atoms with Crippen LogP contribution in [0.2, 0.25) is 5.02 Å². The molecule has 0 unspecified atom stereocenters. The van der Waals surface area contributed by atoms with Crippen LogP contribution in [0.1, 0.15) is 46.5 Å². The standard InChI is InChI=1S/C26H29ClN2O5S.ClH/c1-2-4-19-14-22(15-23(25(19)31)26(28)32)35(33,34)21-9-7-17(8-10-21)11-12-29-16-24(30)18-5-3-6-20(27)13-18;/h3,5-10,13-15,24,29-31H,2,4,11-12,16H2,1H3,(H2,28,32);1H/t24-;/m1./s1. The molecule has 0 aromatic heterocycles. The van der Waals surface area contributed by atoms with Crippen LogP contribution in [0.5, 0.6) is 5.75 Å². The number of amides is 1. The molecule has 0 radical (unpaired) electrons. The Balaban J connectivity index is 0.00000456. The molecule has 0 spiro atoms. The van der Waals surface area contributed by atoms with Crippen molar-refractivity contribution in [3.63, 3.8) is 0 Å². The predicted molar refractivity (Wildman–Crippen MR) is 143 cm³/mol. The maximum Gasteiger partial charge on any atom is 0.252 e. The SMILES string of the molecule is CCCc1cc(S(=O)(=O)c2ccc(CCNC[C@@H](O)c3cccc(Cl)c3)cc2)cc(C(N)=O)c1O.Cl. The third-order valence-electron chi connectivity index (χ3n) is 5.65. The van der Waals surface area contributed by atoms with Crippen molar-refractivity contribution in [1.29, 1.82) is 0 Å². The minimum atomic E-state index is -3.92. The molecule has 194 valence electrons. The number of hydrogen-bond donors (Lipinski definition) is 4. The lowest BCUT2D eigenvalue weighted by Crippen LogP contribution is -2.23. The average Bonchev–Trinajstić information content (AvgIpc) is 2.83. The molecule has 0 bridgehead atoms. The lowest BCUT2D eigenvalue weighted by molar-refractivity contribution is 0.0997. The summed E-state index contributed by atoms with van der Waals surface area (Å²) >= 11 is 5.96. The van der Waals surface area contributed by atoms with Crippen LogP contribution in [0.3, 0.4) is 0 Å². The molecule has 0 saturated carbocycles. The lowest BCUT2D eigenvalue weighted by Gasteiger charge is -2.13. The Kier molecular flexibility index (Phi) is 10.8.